The summed E-state index contributed by atoms with van der Waals surface area (Å²) in [6, 6.07) is 8.49. The van der Waals surface area contributed by atoms with E-state index in [1.54, 1.807) is 6.07 Å². The van der Waals surface area contributed by atoms with Crippen LogP contribution in [-0.4, -0.2) is 52.5 Å². The summed E-state index contributed by atoms with van der Waals surface area (Å²) in [6.07, 6.45) is 4.52. The number of rotatable bonds is 5. The van der Waals surface area contributed by atoms with Gasteiger partial charge < -0.3 is 15.4 Å². The van der Waals surface area contributed by atoms with Crippen LogP contribution in [0.1, 0.15) is 24.8 Å². The van der Waals surface area contributed by atoms with Crippen molar-refractivity contribution in [3.8, 4) is 5.88 Å². The first-order valence-electron chi connectivity index (χ1n) is 9.81. The van der Waals surface area contributed by atoms with Gasteiger partial charge in [-0.05, 0) is 43.0 Å². The minimum atomic E-state index is -0.225. The molecule has 0 saturated carbocycles. The summed E-state index contributed by atoms with van der Waals surface area (Å²) in [5, 5.41) is 0.424. The van der Waals surface area contributed by atoms with Gasteiger partial charge in [-0.2, -0.15) is 0 Å². The highest BCUT2D eigenvalue weighted by atomic mass is 35.5. The van der Waals surface area contributed by atoms with E-state index in [0.29, 0.717) is 10.7 Å². The number of pyridine rings is 1. The fraction of sp³-hybridized carbons (Fsp3) is 0.429. The quantitative estimate of drug-likeness (QED) is 0.807. The number of anilines is 1. The molecular weight excluding hydrogens is 395 g/mol. The highest BCUT2D eigenvalue weighted by molar-refractivity contribution is 6.30. The Kier molecular flexibility index (Phi) is 5.87. The second-order valence-electron chi connectivity index (χ2n) is 7.70. The average Bonchev–Trinajstić information content (AvgIpc) is 2.68. The molecule has 2 saturated heterocycles. The van der Waals surface area contributed by atoms with Crippen molar-refractivity contribution in [3.05, 3.63) is 52.9 Å². The van der Waals surface area contributed by atoms with E-state index in [2.05, 4.69) is 9.88 Å². The van der Waals surface area contributed by atoms with Gasteiger partial charge in [0.15, 0.2) is 6.61 Å². The molecule has 2 aliphatic heterocycles. The fourth-order valence-electron chi connectivity index (χ4n) is 4.35. The molecule has 2 aromatic rings. The molecule has 3 heterocycles. The van der Waals surface area contributed by atoms with E-state index in [9.17, 15) is 9.18 Å². The number of likely N-dealkylation sites (tertiary alicyclic amines) is 1. The maximum Gasteiger partial charge on any atom is 0.261 e. The predicted molar refractivity (Wildman–Crippen MR) is 109 cm³/mol. The molecule has 0 spiro atoms. The number of carbonyl (C=O) groups is 1. The lowest BCUT2D eigenvalue weighted by atomic mass is 9.91. The molecule has 8 heteroatoms. The number of nitrogens with two attached hydrogens (primary N) is 1. The van der Waals surface area contributed by atoms with Crippen LogP contribution in [0.25, 0.3) is 0 Å². The van der Waals surface area contributed by atoms with Crippen molar-refractivity contribution in [1.29, 1.82) is 0 Å². The first-order chi connectivity index (χ1) is 14.0. The second-order valence-corrected chi connectivity index (χ2v) is 8.13. The Labute approximate surface area is 174 Å². The van der Waals surface area contributed by atoms with E-state index in [-0.39, 0.29) is 36.3 Å². The number of benzene rings is 1. The summed E-state index contributed by atoms with van der Waals surface area (Å²) in [4.78, 5) is 21.3. The number of hydrogen-bond donors (Lipinski definition) is 1. The lowest BCUT2D eigenvalue weighted by molar-refractivity contribution is -0.145. The molecule has 154 valence electrons. The zero-order valence-electron chi connectivity index (χ0n) is 16.1. The Balaban J connectivity index is 1.38. The number of halogens is 2. The number of hydrogen-bond acceptors (Lipinski definition) is 5. The standard InChI is InChI=1S/C21H24ClFN4O2/c22-15-8-19(24)21(25-9-15)29-13-20(28)27-17-2-1-3-18(27)12-26(11-17)10-14-4-6-16(23)7-5-14/h4-9,17-18H,1-3,10-13,24H2. The third-order valence-electron chi connectivity index (χ3n) is 5.58. The van der Waals surface area contributed by atoms with Gasteiger partial charge in [0.05, 0.1) is 10.7 Å². The normalized spacial score (nSPS) is 21.8. The summed E-state index contributed by atoms with van der Waals surface area (Å²) in [5.41, 5.74) is 7.25. The SMILES string of the molecule is Nc1cc(Cl)cnc1OCC(=O)N1C2CCCC1CN(Cc1ccc(F)cc1)C2. The summed E-state index contributed by atoms with van der Waals surface area (Å²) in [7, 11) is 0. The smallest absolute Gasteiger partial charge is 0.261 e. The van der Waals surface area contributed by atoms with Gasteiger partial charge in [0.1, 0.15) is 5.82 Å². The molecule has 2 N–H and O–H groups in total. The van der Waals surface area contributed by atoms with Crippen molar-refractivity contribution in [1.82, 2.24) is 14.8 Å². The molecule has 1 amide bonds. The number of fused-ring (bicyclic) bond motifs is 2. The monoisotopic (exact) mass is 418 g/mol. The molecule has 1 aromatic carbocycles. The number of nitrogen functional groups attached to an aromatic ring is 1. The van der Waals surface area contributed by atoms with Gasteiger partial charge in [-0.3, -0.25) is 9.69 Å². The molecule has 2 aliphatic rings. The van der Waals surface area contributed by atoms with Crippen molar-refractivity contribution in [2.45, 2.75) is 37.9 Å². The van der Waals surface area contributed by atoms with E-state index in [4.69, 9.17) is 22.1 Å². The Morgan fingerprint density at radius 2 is 1.93 bits per heavy atom. The van der Waals surface area contributed by atoms with E-state index in [1.807, 2.05) is 17.0 Å². The number of amides is 1. The molecular formula is C21H24ClFN4O2. The van der Waals surface area contributed by atoms with E-state index < -0.39 is 0 Å². The Bertz CT molecular complexity index is 865. The number of piperidine rings is 1. The van der Waals surface area contributed by atoms with Crippen LogP contribution in [0.5, 0.6) is 5.88 Å². The third kappa shape index (κ3) is 4.62. The maximum absolute atomic E-state index is 13.1. The molecule has 4 rings (SSSR count). The minimum absolute atomic E-state index is 0.0442. The van der Waals surface area contributed by atoms with E-state index >= 15 is 0 Å². The second kappa shape index (κ2) is 8.55. The number of ether oxygens (including phenoxy) is 1. The molecule has 2 unspecified atom stereocenters. The molecule has 0 radical (unpaired) electrons. The Morgan fingerprint density at radius 1 is 1.24 bits per heavy atom. The largest absolute Gasteiger partial charge is 0.466 e. The predicted octanol–water partition coefficient (Wildman–Crippen LogP) is 3.10. The molecule has 6 nitrogen and oxygen atoms in total. The molecule has 29 heavy (non-hydrogen) atoms. The molecule has 2 atom stereocenters. The first-order valence-corrected chi connectivity index (χ1v) is 10.2. The van der Waals surface area contributed by atoms with Crippen LogP contribution in [0.4, 0.5) is 10.1 Å². The van der Waals surface area contributed by atoms with E-state index in [0.717, 1.165) is 44.5 Å². The van der Waals surface area contributed by atoms with Gasteiger partial charge in [0.25, 0.3) is 5.91 Å². The van der Waals surface area contributed by atoms with Crippen LogP contribution in [0.3, 0.4) is 0 Å². The highest BCUT2D eigenvalue weighted by Crippen LogP contribution is 2.30. The van der Waals surface area contributed by atoms with Crippen molar-refractivity contribution in [2.24, 2.45) is 0 Å². The number of aromatic nitrogens is 1. The van der Waals surface area contributed by atoms with Crippen molar-refractivity contribution >= 4 is 23.2 Å². The molecule has 2 bridgehead atoms. The van der Waals surface area contributed by atoms with Crippen molar-refractivity contribution in [2.75, 3.05) is 25.4 Å². The van der Waals surface area contributed by atoms with Gasteiger partial charge in [0, 0.05) is 37.9 Å². The molecule has 2 fully saturated rings. The van der Waals surface area contributed by atoms with Crippen molar-refractivity contribution in [3.63, 3.8) is 0 Å². The minimum Gasteiger partial charge on any atom is -0.466 e. The first kappa shape index (κ1) is 19.9. The summed E-state index contributed by atoms with van der Waals surface area (Å²) < 4.78 is 18.7. The Hall–Kier alpha value is -2.38. The van der Waals surface area contributed by atoms with Crippen LogP contribution in [0.2, 0.25) is 5.02 Å². The summed E-state index contributed by atoms with van der Waals surface area (Å²) in [6.45, 7) is 2.28. The summed E-state index contributed by atoms with van der Waals surface area (Å²) >= 11 is 5.85. The van der Waals surface area contributed by atoms with Crippen LogP contribution >= 0.6 is 11.6 Å². The van der Waals surface area contributed by atoms with Crippen LogP contribution < -0.4 is 10.5 Å². The van der Waals surface area contributed by atoms with Crippen LogP contribution in [-0.2, 0) is 11.3 Å². The van der Waals surface area contributed by atoms with Gasteiger partial charge in [0.2, 0.25) is 5.88 Å². The average molecular weight is 419 g/mol. The van der Waals surface area contributed by atoms with Gasteiger partial charge in [-0.1, -0.05) is 23.7 Å². The summed E-state index contributed by atoms with van der Waals surface area (Å²) in [5.74, 6) is -0.0445. The third-order valence-corrected chi connectivity index (χ3v) is 5.79. The Morgan fingerprint density at radius 3 is 2.59 bits per heavy atom. The van der Waals surface area contributed by atoms with Gasteiger partial charge >= 0.3 is 0 Å². The van der Waals surface area contributed by atoms with Crippen molar-refractivity contribution < 1.29 is 13.9 Å². The zero-order valence-corrected chi connectivity index (χ0v) is 16.8. The number of carbonyl (C=O) groups excluding carboxylic acids is 1. The maximum atomic E-state index is 13.1. The van der Waals surface area contributed by atoms with Crippen LogP contribution in [0, 0.1) is 5.82 Å². The zero-order chi connectivity index (χ0) is 20.4. The number of nitrogens with zero attached hydrogens (tertiary/aromatic N) is 3. The van der Waals surface area contributed by atoms with Gasteiger partial charge in [-0.25, -0.2) is 9.37 Å². The van der Waals surface area contributed by atoms with Crippen LogP contribution in [0.15, 0.2) is 36.5 Å². The van der Waals surface area contributed by atoms with Gasteiger partial charge in [-0.15, -0.1) is 0 Å². The highest BCUT2D eigenvalue weighted by Gasteiger charge is 2.40. The molecule has 1 aromatic heterocycles. The molecule has 0 aliphatic carbocycles. The lowest BCUT2D eigenvalue weighted by Crippen LogP contribution is -2.63. The lowest BCUT2D eigenvalue weighted by Gasteiger charge is -2.50. The fourth-order valence-corrected chi connectivity index (χ4v) is 4.51. The topological polar surface area (TPSA) is 71.7 Å². The van der Waals surface area contributed by atoms with E-state index in [1.165, 1.54) is 18.3 Å². The number of piperazine rings is 1.